The van der Waals surface area contributed by atoms with E-state index in [1.807, 2.05) is 30.3 Å². The van der Waals surface area contributed by atoms with Crippen LogP contribution in [0, 0.1) is 5.82 Å². The Balaban J connectivity index is 0.00000180. The summed E-state index contributed by atoms with van der Waals surface area (Å²) in [7, 11) is 0. The van der Waals surface area contributed by atoms with Crippen LogP contribution in [0.15, 0.2) is 48.5 Å². The van der Waals surface area contributed by atoms with Crippen LogP contribution in [0.3, 0.4) is 0 Å². The summed E-state index contributed by atoms with van der Waals surface area (Å²) >= 11 is 0. The minimum atomic E-state index is -0.957. The van der Waals surface area contributed by atoms with E-state index in [9.17, 15) is 9.18 Å². The summed E-state index contributed by atoms with van der Waals surface area (Å²) in [6.45, 7) is 1.54. The molecule has 1 atom stereocenters. The predicted octanol–water partition coefficient (Wildman–Crippen LogP) is 2.03. The van der Waals surface area contributed by atoms with Gasteiger partial charge >= 0.3 is 5.97 Å². The van der Waals surface area contributed by atoms with Gasteiger partial charge in [-0.3, -0.25) is 4.79 Å². The number of hydrogen-bond donors (Lipinski definition) is 1. The number of hydrogen-bond acceptors (Lipinski definition) is 1. The second kappa shape index (κ2) is 7.37. The molecule has 4 nitrogen and oxygen atoms in total. The Hall–Kier alpha value is -2.24. The largest absolute Gasteiger partial charge is 0.481 e. The van der Waals surface area contributed by atoms with Crippen molar-refractivity contribution in [3.63, 3.8) is 0 Å². The molecule has 0 fully saturated rings. The Morgan fingerprint density at radius 3 is 2.20 bits per heavy atom. The Morgan fingerprint density at radius 1 is 1.10 bits per heavy atom. The van der Waals surface area contributed by atoms with Crippen molar-refractivity contribution in [2.24, 2.45) is 0 Å². The van der Waals surface area contributed by atoms with Crippen molar-refractivity contribution in [2.75, 3.05) is 0 Å². The number of benzene rings is 2. The van der Waals surface area contributed by atoms with E-state index >= 15 is 0 Å². The van der Waals surface area contributed by atoms with Crippen molar-refractivity contribution in [1.82, 2.24) is 0 Å². The fourth-order valence-electron chi connectivity index (χ4n) is 1.80. The van der Waals surface area contributed by atoms with E-state index in [4.69, 9.17) is 5.11 Å². The summed E-state index contributed by atoms with van der Waals surface area (Å²) in [4.78, 5) is 10.8. The number of halogens is 1. The highest BCUT2D eigenvalue weighted by Crippen LogP contribution is 2.26. The minimum absolute atomic E-state index is 0. The highest BCUT2D eigenvalue weighted by atomic mass is 19.1. The summed E-state index contributed by atoms with van der Waals surface area (Å²) in [5, 5.41) is 8.89. The number of carboxylic acid groups (broad SMARTS) is 1. The maximum Gasteiger partial charge on any atom is 0.310 e. The van der Waals surface area contributed by atoms with Crippen LogP contribution in [0.1, 0.15) is 18.4 Å². The smallest absolute Gasteiger partial charge is 0.310 e. The van der Waals surface area contributed by atoms with Gasteiger partial charge in [0.25, 0.3) is 0 Å². The third-order valence-corrected chi connectivity index (χ3v) is 2.95. The average molecular weight is 280 g/mol. The second-order valence-electron chi connectivity index (χ2n) is 4.17. The molecule has 2 aromatic rings. The van der Waals surface area contributed by atoms with E-state index in [0.717, 1.165) is 5.56 Å². The Labute approximate surface area is 116 Å². The fourth-order valence-corrected chi connectivity index (χ4v) is 1.80. The second-order valence-corrected chi connectivity index (χ2v) is 4.17. The number of aliphatic carboxylic acids is 1. The monoisotopic (exact) mass is 280 g/mol. The summed E-state index contributed by atoms with van der Waals surface area (Å²) in [5.74, 6) is -2.06. The molecule has 5 N–H and O–H groups in total. The quantitative estimate of drug-likeness (QED) is 0.930. The molecule has 0 heterocycles. The van der Waals surface area contributed by atoms with Gasteiger partial charge in [-0.05, 0) is 24.1 Å². The van der Waals surface area contributed by atoms with Crippen molar-refractivity contribution < 1.29 is 25.2 Å². The van der Waals surface area contributed by atoms with Crippen LogP contribution in [0.5, 0.6) is 0 Å². The van der Waals surface area contributed by atoms with Crippen LogP contribution in [-0.4, -0.2) is 22.0 Å². The highest BCUT2D eigenvalue weighted by Gasteiger charge is 2.15. The first-order valence-corrected chi connectivity index (χ1v) is 5.67. The Morgan fingerprint density at radius 2 is 1.70 bits per heavy atom. The Kier molecular flexibility index (Phi) is 6.55. The number of carboxylic acids is 1. The SMILES string of the molecule is CC(C(=O)O)c1ccc(-c2ccccc2)c(F)c1.O.O. The molecule has 0 saturated heterocycles. The molecule has 0 bridgehead atoms. The molecule has 1 unspecified atom stereocenters. The third-order valence-electron chi connectivity index (χ3n) is 2.95. The molecule has 2 aromatic carbocycles. The summed E-state index contributed by atoms with van der Waals surface area (Å²) in [5.41, 5.74) is 1.74. The van der Waals surface area contributed by atoms with Crippen LogP contribution in [0.25, 0.3) is 11.1 Å². The standard InChI is InChI=1S/C15H13FO2.2H2O/c1-10(15(17)18)12-7-8-13(14(16)9-12)11-5-3-2-4-6-11;;/h2-10H,1H3,(H,17,18);2*1H2. The van der Waals surface area contributed by atoms with Gasteiger partial charge < -0.3 is 16.1 Å². The van der Waals surface area contributed by atoms with Gasteiger partial charge in [-0.1, -0.05) is 42.5 Å². The first kappa shape index (κ1) is 17.8. The van der Waals surface area contributed by atoms with E-state index in [2.05, 4.69) is 0 Å². The molecule has 0 amide bonds. The molecule has 0 aliphatic rings. The van der Waals surface area contributed by atoms with Gasteiger partial charge in [0.2, 0.25) is 0 Å². The molecule has 108 valence electrons. The first-order valence-electron chi connectivity index (χ1n) is 5.67. The topological polar surface area (TPSA) is 100 Å². The van der Waals surface area contributed by atoms with Gasteiger partial charge in [-0.15, -0.1) is 0 Å². The van der Waals surface area contributed by atoms with E-state index in [0.29, 0.717) is 11.1 Å². The average Bonchev–Trinajstić information content (AvgIpc) is 2.38. The molecule has 2 rings (SSSR count). The lowest BCUT2D eigenvalue weighted by atomic mass is 9.97. The van der Waals surface area contributed by atoms with Crippen molar-refractivity contribution in [3.05, 3.63) is 59.9 Å². The van der Waals surface area contributed by atoms with Gasteiger partial charge in [0.15, 0.2) is 0 Å². The van der Waals surface area contributed by atoms with E-state index < -0.39 is 17.7 Å². The predicted molar refractivity (Wildman–Crippen MR) is 75.1 cm³/mol. The lowest BCUT2D eigenvalue weighted by Crippen LogP contribution is -2.07. The van der Waals surface area contributed by atoms with Crippen LogP contribution in [0.4, 0.5) is 4.39 Å². The summed E-state index contributed by atoms with van der Waals surface area (Å²) < 4.78 is 14.0. The van der Waals surface area contributed by atoms with Crippen LogP contribution in [0.2, 0.25) is 0 Å². The maximum absolute atomic E-state index is 14.0. The van der Waals surface area contributed by atoms with Gasteiger partial charge in [0.05, 0.1) is 5.92 Å². The van der Waals surface area contributed by atoms with Crippen molar-refractivity contribution in [2.45, 2.75) is 12.8 Å². The molecular formula is C15H17FO4. The van der Waals surface area contributed by atoms with Crippen molar-refractivity contribution in [3.8, 4) is 11.1 Å². The van der Waals surface area contributed by atoms with Crippen LogP contribution in [-0.2, 0) is 4.79 Å². The lowest BCUT2D eigenvalue weighted by Gasteiger charge is -2.09. The molecule has 0 aromatic heterocycles. The fraction of sp³-hybridized carbons (Fsp3) is 0.133. The first-order chi connectivity index (χ1) is 8.59. The molecule has 0 aliphatic heterocycles. The number of rotatable bonds is 3. The zero-order chi connectivity index (χ0) is 13.1. The van der Waals surface area contributed by atoms with Gasteiger partial charge in [-0.25, -0.2) is 4.39 Å². The molecule has 20 heavy (non-hydrogen) atoms. The van der Waals surface area contributed by atoms with Crippen LogP contribution >= 0.6 is 0 Å². The minimum Gasteiger partial charge on any atom is -0.481 e. The number of carbonyl (C=O) groups is 1. The normalized spacial score (nSPS) is 10.9. The molecule has 5 heteroatoms. The Bertz CT molecular complexity index is 569. The zero-order valence-electron chi connectivity index (χ0n) is 10.9. The van der Waals surface area contributed by atoms with E-state index in [1.54, 1.807) is 19.1 Å². The molecule has 0 spiro atoms. The third kappa shape index (κ3) is 3.63. The van der Waals surface area contributed by atoms with Crippen LogP contribution < -0.4 is 0 Å². The molecule has 0 radical (unpaired) electrons. The van der Waals surface area contributed by atoms with E-state index in [1.165, 1.54) is 6.07 Å². The van der Waals surface area contributed by atoms with Gasteiger partial charge in [0, 0.05) is 5.56 Å². The summed E-state index contributed by atoms with van der Waals surface area (Å²) in [6, 6.07) is 13.7. The van der Waals surface area contributed by atoms with Gasteiger partial charge in [-0.2, -0.15) is 0 Å². The highest BCUT2D eigenvalue weighted by molar-refractivity contribution is 5.76. The lowest BCUT2D eigenvalue weighted by molar-refractivity contribution is -0.138. The maximum atomic E-state index is 14.0. The van der Waals surface area contributed by atoms with E-state index in [-0.39, 0.29) is 11.0 Å². The van der Waals surface area contributed by atoms with Gasteiger partial charge in [0.1, 0.15) is 5.82 Å². The van der Waals surface area contributed by atoms with Crippen molar-refractivity contribution >= 4 is 5.97 Å². The molecular weight excluding hydrogens is 263 g/mol. The molecule has 0 aliphatic carbocycles. The summed E-state index contributed by atoms with van der Waals surface area (Å²) in [6.07, 6.45) is 0. The van der Waals surface area contributed by atoms with Crippen molar-refractivity contribution in [1.29, 1.82) is 0 Å². The zero-order valence-corrected chi connectivity index (χ0v) is 10.9. The molecule has 0 saturated carbocycles.